The first-order valence-electron chi connectivity index (χ1n) is 10.3. The predicted octanol–water partition coefficient (Wildman–Crippen LogP) is 4.66. The van der Waals surface area contributed by atoms with Gasteiger partial charge >= 0.3 is 0 Å². The van der Waals surface area contributed by atoms with E-state index in [-0.39, 0.29) is 7.34 Å². The molecule has 1 unspecified atom stereocenters. The van der Waals surface area contributed by atoms with E-state index in [9.17, 15) is 8.42 Å². The molecule has 6 heteroatoms. The van der Waals surface area contributed by atoms with E-state index in [0.29, 0.717) is 13.2 Å². The average Bonchev–Trinajstić information content (AvgIpc) is 2.74. The molecule has 0 saturated carbocycles. The van der Waals surface area contributed by atoms with Crippen LogP contribution in [0.25, 0.3) is 11.1 Å². The SMILES string of the molecule is CC.CNCCOc1ccc(-c2ccc(C(C)CNS(=O)(=O)C(C)C)cc2)cc1.[HH]. The molecule has 0 spiro atoms. The summed E-state index contributed by atoms with van der Waals surface area (Å²) in [6.45, 7) is 11.2. The van der Waals surface area contributed by atoms with Gasteiger partial charge in [0.25, 0.3) is 0 Å². The van der Waals surface area contributed by atoms with Gasteiger partial charge in [0.15, 0.2) is 0 Å². The summed E-state index contributed by atoms with van der Waals surface area (Å²) in [6, 6.07) is 16.3. The van der Waals surface area contributed by atoms with Crippen LogP contribution in [0.2, 0.25) is 0 Å². The lowest BCUT2D eigenvalue weighted by atomic mass is 9.98. The lowest BCUT2D eigenvalue weighted by Gasteiger charge is -2.15. The second-order valence-corrected chi connectivity index (χ2v) is 9.26. The molecule has 0 fully saturated rings. The Morgan fingerprint density at radius 3 is 1.93 bits per heavy atom. The van der Waals surface area contributed by atoms with Gasteiger partial charge in [-0.25, -0.2) is 13.1 Å². The Morgan fingerprint density at radius 2 is 1.45 bits per heavy atom. The Kier molecular flexibility index (Phi) is 10.9. The van der Waals surface area contributed by atoms with Crippen molar-refractivity contribution in [3.63, 3.8) is 0 Å². The van der Waals surface area contributed by atoms with Crippen LogP contribution < -0.4 is 14.8 Å². The molecule has 0 amide bonds. The molecule has 2 aromatic carbocycles. The van der Waals surface area contributed by atoms with Crippen LogP contribution in [0.4, 0.5) is 0 Å². The summed E-state index contributed by atoms with van der Waals surface area (Å²) in [7, 11) is -1.33. The molecule has 0 radical (unpaired) electrons. The Labute approximate surface area is 178 Å². The molecular formula is C23H38N2O3S. The molecule has 1 atom stereocenters. The fourth-order valence-corrected chi connectivity index (χ4v) is 3.36. The summed E-state index contributed by atoms with van der Waals surface area (Å²) in [6.07, 6.45) is 0. The van der Waals surface area contributed by atoms with Gasteiger partial charge in [-0.2, -0.15) is 0 Å². The highest BCUT2D eigenvalue weighted by Crippen LogP contribution is 2.25. The quantitative estimate of drug-likeness (QED) is 0.547. The van der Waals surface area contributed by atoms with Gasteiger partial charge in [-0.3, -0.25) is 0 Å². The molecule has 2 aromatic rings. The number of hydrogen-bond acceptors (Lipinski definition) is 4. The van der Waals surface area contributed by atoms with Gasteiger partial charge in [-0.15, -0.1) is 0 Å². The van der Waals surface area contributed by atoms with Crippen LogP contribution in [-0.2, 0) is 10.0 Å². The van der Waals surface area contributed by atoms with Gasteiger partial charge in [0.05, 0.1) is 5.25 Å². The van der Waals surface area contributed by atoms with Crippen molar-refractivity contribution in [3.8, 4) is 16.9 Å². The number of benzene rings is 2. The van der Waals surface area contributed by atoms with Crippen molar-refractivity contribution in [2.24, 2.45) is 0 Å². The third-order valence-electron chi connectivity index (χ3n) is 4.50. The number of rotatable bonds is 10. The zero-order valence-electron chi connectivity index (χ0n) is 18.5. The topological polar surface area (TPSA) is 67.4 Å². The van der Waals surface area contributed by atoms with Crippen molar-refractivity contribution in [2.75, 3.05) is 26.7 Å². The first-order chi connectivity index (χ1) is 13.8. The summed E-state index contributed by atoms with van der Waals surface area (Å²) >= 11 is 0. The van der Waals surface area contributed by atoms with Crippen LogP contribution in [0.15, 0.2) is 48.5 Å². The maximum atomic E-state index is 11.9. The predicted molar refractivity (Wildman–Crippen MR) is 125 cm³/mol. The zero-order chi connectivity index (χ0) is 21.9. The normalized spacial score (nSPS) is 12.2. The zero-order valence-corrected chi connectivity index (χ0v) is 19.3. The first-order valence-corrected chi connectivity index (χ1v) is 11.8. The van der Waals surface area contributed by atoms with E-state index in [0.717, 1.165) is 29.0 Å². The van der Waals surface area contributed by atoms with Crippen LogP contribution in [-0.4, -0.2) is 40.4 Å². The molecule has 0 aromatic heterocycles. The van der Waals surface area contributed by atoms with Gasteiger partial charge in [0.1, 0.15) is 12.4 Å². The van der Waals surface area contributed by atoms with Gasteiger partial charge in [0, 0.05) is 14.5 Å². The number of likely N-dealkylation sites (N-methyl/N-ethyl adjacent to an activating group) is 1. The van der Waals surface area contributed by atoms with E-state index in [4.69, 9.17) is 4.74 Å². The van der Waals surface area contributed by atoms with Gasteiger partial charge < -0.3 is 10.1 Å². The van der Waals surface area contributed by atoms with Crippen molar-refractivity contribution >= 4 is 10.0 Å². The molecule has 164 valence electrons. The van der Waals surface area contributed by atoms with Crippen LogP contribution >= 0.6 is 0 Å². The maximum absolute atomic E-state index is 11.9. The van der Waals surface area contributed by atoms with Crippen molar-refractivity contribution < 1.29 is 14.6 Å². The number of hydrogen-bond donors (Lipinski definition) is 2. The molecule has 0 aliphatic heterocycles. The highest BCUT2D eigenvalue weighted by molar-refractivity contribution is 7.90. The molecule has 0 heterocycles. The summed E-state index contributed by atoms with van der Waals surface area (Å²) in [4.78, 5) is 0. The summed E-state index contributed by atoms with van der Waals surface area (Å²) in [5.41, 5.74) is 3.35. The van der Waals surface area contributed by atoms with Gasteiger partial charge in [-0.05, 0) is 55.6 Å². The molecule has 2 rings (SSSR count). The summed E-state index contributed by atoms with van der Waals surface area (Å²) in [5.74, 6) is 0.965. The first kappa shape index (κ1) is 25.1. The fourth-order valence-electron chi connectivity index (χ4n) is 2.54. The molecule has 0 bridgehead atoms. The highest BCUT2D eigenvalue weighted by atomic mass is 32.2. The minimum atomic E-state index is -3.23. The second-order valence-electron chi connectivity index (χ2n) is 6.94. The van der Waals surface area contributed by atoms with E-state index in [1.165, 1.54) is 0 Å². The Balaban J connectivity index is 0.00000272. The van der Waals surface area contributed by atoms with Crippen LogP contribution in [0.3, 0.4) is 0 Å². The van der Waals surface area contributed by atoms with Gasteiger partial charge in [0.2, 0.25) is 10.0 Å². The Hall–Kier alpha value is -1.89. The van der Waals surface area contributed by atoms with E-state index < -0.39 is 15.3 Å². The molecule has 5 nitrogen and oxygen atoms in total. The Morgan fingerprint density at radius 1 is 0.931 bits per heavy atom. The molecule has 0 aliphatic rings. The van der Waals surface area contributed by atoms with Crippen molar-refractivity contribution in [1.82, 2.24) is 10.0 Å². The van der Waals surface area contributed by atoms with E-state index in [1.807, 2.05) is 52.1 Å². The van der Waals surface area contributed by atoms with Gasteiger partial charge in [-0.1, -0.05) is 57.2 Å². The molecule has 0 aliphatic carbocycles. The van der Waals surface area contributed by atoms with Crippen molar-refractivity contribution in [2.45, 2.75) is 45.8 Å². The third kappa shape index (κ3) is 8.17. The highest BCUT2D eigenvalue weighted by Gasteiger charge is 2.17. The number of sulfonamides is 1. The average molecular weight is 423 g/mol. The molecule has 29 heavy (non-hydrogen) atoms. The number of nitrogens with one attached hydrogen (secondary N) is 2. The van der Waals surface area contributed by atoms with E-state index in [1.54, 1.807) is 13.8 Å². The molecule has 2 N–H and O–H groups in total. The van der Waals surface area contributed by atoms with Crippen LogP contribution in [0, 0.1) is 0 Å². The van der Waals surface area contributed by atoms with Crippen LogP contribution in [0.5, 0.6) is 5.75 Å². The third-order valence-corrected chi connectivity index (χ3v) is 6.31. The molecular weight excluding hydrogens is 384 g/mol. The second kappa shape index (κ2) is 12.6. The fraction of sp³-hybridized carbons (Fsp3) is 0.478. The van der Waals surface area contributed by atoms with Crippen LogP contribution in [0.1, 0.15) is 47.5 Å². The standard InChI is InChI=1S/C21H30N2O3S.C2H6.H2/c1-16(2)27(24,25)23-15-17(3)18-5-7-19(8-6-18)20-9-11-21(12-10-20)26-14-13-22-4;1-2;/h5-12,16-17,22-23H,13-15H2,1-4H3;1-2H3;1H. The lowest BCUT2D eigenvalue weighted by Crippen LogP contribution is -2.33. The summed E-state index contributed by atoms with van der Waals surface area (Å²) < 4.78 is 32.1. The Bertz CT molecular complexity index is 807. The minimum Gasteiger partial charge on any atom is -0.492 e. The summed E-state index contributed by atoms with van der Waals surface area (Å²) in [5, 5.41) is 2.63. The maximum Gasteiger partial charge on any atom is 0.213 e. The minimum absolute atomic E-state index is 0. The monoisotopic (exact) mass is 422 g/mol. The lowest BCUT2D eigenvalue weighted by molar-refractivity contribution is 0.318. The van der Waals surface area contributed by atoms with Crippen molar-refractivity contribution in [1.29, 1.82) is 0 Å². The van der Waals surface area contributed by atoms with E-state index >= 15 is 0 Å². The number of ether oxygens (including phenoxy) is 1. The smallest absolute Gasteiger partial charge is 0.213 e. The van der Waals surface area contributed by atoms with E-state index in [2.05, 4.69) is 34.3 Å². The van der Waals surface area contributed by atoms with Crippen molar-refractivity contribution in [3.05, 3.63) is 54.1 Å². The largest absolute Gasteiger partial charge is 0.492 e. The molecule has 0 saturated heterocycles.